The molecule has 1 aromatic heterocycles. The highest BCUT2D eigenvalue weighted by Gasteiger charge is 2.15. The standard InChI is InChI=1S/C14H11Br2N5/c1-8-7-9(5-6-11(8)15)21-14(18-19-20-21)10-3-2-4-12(17)13(10)16/h2-7H,17H2,1H3. The Balaban J connectivity index is 2.17. The zero-order valence-corrected chi connectivity index (χ0v) is 14.3. The second-order valence-corrected chi connectivity index (χ2v) is 6.20. The largest absolute Gasteiger partial charge is 0.398 e. The van der Waals surface area contributed by atoms with E-state index in [0.29, 0.717) is 11.5 Å². The summed E-state index contributed by atoms with van der Waals surface area (Å²) in [4.78, 5) is 0. The van der Waals surface area contributed by atoms with Gasteiger partial charge in [-0.1, -0.05) is 22.0 Å². The molecule has 0 atom stereocenters. The minimum absolute atomic E-state index is 0.635. The van der Waals surface area contributed by atoms with Gasteiger partial charge >= 0.3 is 0 Å². The molecule has 0 radical (unpaired) electrons. The van der Waals surface area contributed by atoms with E-state index in [1.54, 1.807) is 4.68 Å². The Hall–Kier alpha value is -1.73. The number of hydrogen-bond donors (Lipinski definition) is 1. The van der Waals surface area contributed by atoms with Crippen LogP contribution in [0.15, 0.2) is 45.3 Å². The fourth-order valence-corrected chi connectivity index (χ4v) is 2.70. The van der Waals surface area contributed by atoms with Crippen molar-refractivity contribution in [2.45, 2.75) is 6.92 Å². The van der Waals surface area contributed by atoms with Crippen LogP contribution < -0.4 is 5.73 Å². The molecule has 0 aliphatic heterocycles. The zero-order valence-electron chi connectivity index (χ0n) is 11.1. The summed E-state index contributed by atoms with van der Waals surface area (Å²) in [7, 11) is 0. The van der Waals surface area contributed by atoms with E-state index in [0.717, 1.165) is 25.8 Å². The molecule has 0 unspecified atom stereocenters. The highest BCUT2D eigenvalue weighted by Crippen LogP contribution is 2.32. The third-order valence-corrected chi connectivity index (χ3v) is 4.90. The van der Waals surface area contributed by atoms with Crippen LogP contribution >= 0.6 is 31.9 Å². The lowest BCUT2D eigenvalue weighted by molar-refractivity contribution is 0.790. The molecule has 21 heavy (non-hydrogen) atoms. The van der Waals surface area contributed by atoms with Crippen LogP contribution in [0, 0.1) is 6.92 Å². The Morgan fingerprint density at radius 2 is 1.95 bits per heavy atom. The van der Waals surface area contributed by atoms with E-state index in [1.807, 2.05) is 43.3 Å². The quantitative estimate of drug-likeness (QED) is 0.655. The molecule has 5 nitrogen and oxygen atoms in total. The fraction of sp³-hybridized carbons (Fsp3) is 0.0714. The summed E-state index contributed by atoms with van der Waals surface area (Å²) >= 11 is 6.99. The monoisotopic (exact) mass is 407 g/mol. The van der Waals surface area contributed by atoms with Crippen molar-refractivity contribution in [2.24, 2.45) is 0 Å². The molecule has 7 heteroatoms. The smallest absolute Gasteiger partial charge is 0.188 e. The number of nitrogens with two attached hydrogens (primary N) is 1. The number of aryl methyl sites for hydroxylation is 1. The van der Waals surface area contributed by atoms with Crippen molar-refractivity contribution in [3.8, 4) is 17.1 Å². The molecule has 0 spiro atoms. The number of tetrazole rings is 1. The minimum Gasteiger partial charge on any atom is -0.398 e. The normalized spacial score (nSPS) is 10.8. The van der Waals surface area contributed by atoms with Crippen molar-refractivity contribution < 1.29 is 0 Å². The summed E-state index contributed by atoms with van der Waals surface area (Å²) in [5.41, 5.74) is 9.43. The first-order valence-electron chi connectivity index (χ1n) is 6.17. The molecule has 0 saturated heterocycles. The maximum atomic E-state index is 5.93. The van der Waals surface area contributed by atoms with Crippen LogP contribution in [0.1, 0.15) is 5.56 Å². The summed E-state index contributed by atoms with van der Waals surface area (Å²) in [6.07, 6.45) is 0. The Morgan fingerprint density at radius 1 is 1.14 bits per heavy atom. The van der Waals surface area contributed by atoms with E-state index in [2.05, 4.69) is 47.4 Å². The Labute approximate surface area is 138 Å². The molecule has 3 aromatic rings. The number of rotatable bonds is 2. The van der Waals surface area contributed by atoms with E-state index < -0.39 is 0 Å². The van der Waals surface area contributed by atoms with Gasteiger partial charge in [-0.05, 0) is 69.2 Å². The molecule has 0 amide bonds. The van der Waals surface area contributed by atoms with Crippen LogP contribution in [0.4, 0.5) is 5.69 Å². The summed E-state index contributed by atoms with van der Waals surface area (Å²) < 4.78 is 3.53. The SMILES string of the molecule is Cc1cc(-n2nnnc2-c2cccc(N)c2Br)ccc1Br. The van der Waals surface area contributed by atoms with Crippen molar-refractivity contribution in [1.82, 2.24) is 20.2 Å². The van der Waals surface area contributed by atoms with Gasteiger partial charge in [0.15, 0.2) is 5.82 Å². The molecule has 0 aliphatic carbocycles. The van der Waals surface area contributed by atoms with Crippen molar-refractivity contribution in [2.75, 3.05) is 5.73 Å². The molecule has 0 saturated carbocycles. The van der Waals surface area contributed by atoms with Crippen molar-refractivity contribution in [3.05, 3.63) is 50.9 Å². The van der Waals surface area contributed by atoms with E-state index in [4.69, 9.17) is 5.73 Å². The Morgan fingerprint density at radius 3 is 2.71 bits per heavy atom. The van der Waals surface area contributed by atoms with Gasteiger partial charge < -0.3 is 5.73 Å². The van der Waals surface area contributed by atoms with Crippen LogP contribution in [-0.2, 0) is 0 Å². The maximum absolute atomic E-state index is 5.93. The minimum atomic E-state index is 0.635. The molecule has 106 valence electrons. The van der Waals surface area contributed by atoms with Gasteiger partial charge in [0.2, 0.25) is 0 Å². The molecule has 3 rings (SSSR count). The second kappa shape index (κ2) is 5.57. The molecule has 0 aliphatic rings. The molecule has 0 bridgehead atoms. The van der Waals surface area contributed by atoms with Crippen molar-refractivity contribution in [3.63, 3.8) is 0 Å². The Kier molecular flexibility index (Phi) is 3.77. The number of halogens is 2. The van der Waals surface area contributed by atoms with E-state index in [-0.39, 0.29) is 0 Å². The van der Waals surface area contributed by atoms with E-state index >= 15 is 0 Å². The number of nitrogen functional groups attached to an aromatic ring is 1. The summed E-state index contributed by atoms with van der Waals surface area (Å²) in [5, 5.41) is 12.0. The van der Waals surface area contributed by atoms with Gasteiger partial charge in [0.1, 0.15) is 0 Å². The molecule has 2 N–H and O–H groups in total. The topological polar surface area (TPSA) is 69.6 Å². The third kappa shape index (κ3) is 2.58. The van der Waals surface area contributed by atoms with E-state index in [9.17, 15) is 0 Å². The third-order valence-electron chi connectivity index (χ3n) is 3.13. The average molecular weight is 409 g/mol. The highest BCUT2D eigenvalue weighted by atomic mass is 79.9. The van der Waals surface area contributed by atoms with Crippen LogP contribution in [0.3, 0.4) is 0 Å². The van der Waals surface area contributed by atoms with Crippen molar-refractivity contribution in [1.29, 1.82) is 0 Å². The van der Waals surface area contributed by atoms with Gasteiger partial charge in [-0.15, -0.1) is 5.10 Å². The predicted molar refractivity (Wildman–Crippen MR) is 89.1 cm³/mol. The number of anilines is 1. The maximum Gasteiger partial charge on any atom is 0.188 e. The number of nitrogens with zero attached hydrogens (tertiary/aromatic N) is 4. The van der Waals surface area contributed by atoms with Crippen LogP contribution in [0.2, 0.25) is 0 Å². The van der Waals surface area contributed by atoms with Gasteiger partial charge in [0, 0.05) is 15.7 Å². The number of hydrogen-bond acceptors (Lipinski definition) is 4. The van der Waals surface area contributed by atoms with E-state index in [1.165, 1.54) is 0 Å². The van der Waals surface area contributed by atoms with Gasteiger partial charge in [-0.25, -0.2) is 0 Å². The molecule has 1 heterocycles. The highest BCUT2D eigenvalue weighted by molar-refractivity contribution is 9.11. The number of benzene rings is 2. The van der Waals surface area contributed by atoms with Crippen LogP contribution in [0.25, 0.3) is 17.1 Å². The van der Waals surface area contributed by atoms with Crippen LogP contribution in [-0.4, -0.2) is 20.2 Å². The molecule has 2 aromatic carbocycles. The molecular weight excluding hydrogens is 398 g/mol. The van der Waals surface area contributed by atoms with Gasteiger partial charge in [0.05, 0.1) is 10.2 Å². The lowest BCUT2D eigenvalue weighted by Crippen LogP contribution is -2.01. The average Bonchev–Trinajstić information content (AvgIpc) is 2.94. The summed E-state index contributed by atoms with van der Waals surface area (Å²) in [6, 6.07) is 11.6. The second-order valence-electron chi connectivity index (χ2n) is 4.56. The predicted octanol–water partition coefficient (Wildman–Crippen LogP) is 3.74. The first-order valence-corrected chi connectivity index (χ1v) is 7.76. The van der Waals surface area contributed by atoms with Gasteiger partial charge in [0.25, 0.3) is 0 Å². The Bertz CT molecular complexity index is 813. The zero-order chi connectivity index (χ0) is 15.0. The fourth-order valence-electron chi connectivity index (χ4n) is 2.01. The summed E-state index contributed by atoms with van der Waals surface area (Å²) in [5.74, 6) is 0.635. The summed E-state index contributed by atoms with van der Waals surface area (Å²) in [6.45, 7) is 2.02. The lowest BCUT2D eigenvalue weighted by atomic mass is 10.2. The lowest BCUT2D eigenvalue weighted by Gasteiger charge is -2.09. The first-order chi connectivity index (χ1) is 10.1. The van der Waals surface area contributed by atoms with Gasteiger partial charge in [-0.2, -0.15) is 4.68 Å². The molecular formula is C14H11Br2N5. The molecule has 0 fully saturated rings. The number of aromatic nitrogens is 4. The van der Waals surface area contributed by atoms with Gasteiger partial charge in [-0.3, -0.25) is 0 Å². The van der Waals surface area contributed by atoms with Crippen molar-refractivity contribution >= 4 is 37.5 Å². The van der Waals surface area contributed by atoms with Crippen LogP contribution in [0.5, 0.6) is 0 Å². The first kappa shape index (κ1) is 14.2.